The molecule has 1 saturated carbocycles. The molecule has 3 atom stereocenters. The molecule has 2 aliphatic rings. The molecule has 8 heteroatoms. The highest BCUT2D eigenvalue weighted by Crippen LogP contribution is 2.44. The Bertz CT molecular complexity index is 1010. The Balaban J connectivity index is 1.33. The van der Waals surface area contributed by atoms with E-state index in [0.29, 0.717) is 12.8 Å². The van der Waals surface area contributed by atoms with E-state index in [0.717, 1.165) is 35.1 Å². The molecule has 2 aromatic rings. The molecule has 2 aromatic carbocycles. The number of aliphatic carboxylic acids is 1. The number of benzene rings is 2. The van der Waals surface area contributed by atoms with Gasteiger partial charge in [0.25, 0.3) is 0 Å². The lowest BCUT2D eigenvalue weighted by atomic mass is 9.84. The summed E-state index contributed by atoms with van der Waals surface area (Å²) in [5.41, 5.74) is 4.58. The quantitative estimate of drug-likeness (QED) is 0.474. The molecule has 4 N–H and O–H groups in total. The Morgan fingerprint density at radius 3 is 2.24 bits per heavy atom. The largest absolute Gasteiger partial charge is 0.479 e. The summed E-state index contributed by atoms with van der Waals surface area (Å²) in [5.74, 6) is -2.02. The van der Waals surface area contributed by atoms with Gasteiger partial charge in [0.05, 0.1) is 5.92 Å². The second-order valence-corrected chi connectivity index (χ2v) is 8.90. The van der Waals surface area contributed by atoms with Gasteiger partial charge in [0, 0.05) is 24.9 Å². The van der Waals surface area contributed by atoms with Crippen LogP contribution in [-0.2, 0) is 14.3 Å². The Hall–Kier alpha value is -3.39. The molecule has 0 aromatic heterocycles. The average Bonchev–Trinajstić information content (AvgIpc) is 3.16. The first-order valence-electron chi connectivity index (χ1n) is 11.8. The summed E-state index contributed by atoms with van der Waals surface area (Å²) in [7, 11) is 0. The fourth-order valence-corrected chi connectivity index (χ4v) is 5.00. The minimum Gasteiger partial charge on any atom is -0.479 e. The van der Waals surface area contributed by atoms with Gasteiger partial charge in [-0.3, -0.25) is 4.79 Å². The zero-order chi connectivity index (χ0) is 24.1. The zero-order valence-corrected chi connectivity index (χ0v) is 18.9. The van der Waals surface area contributed by atoms with Gasteiger partial charge in [-0.1, -0.05) is 61.4 Å². The second-order valence-electron chi connectivity index (χ2n) is 8.90. The minimum absolute atomic E-state index is 0.0377. The van der Waals surface area contributed by atoms with E-state index >= 15 is 0 Å². The van der Waals surface area contributed by atoms with Crippen LogP contribution in [0.2, 0.25) is 0 Å². The van der Waals surface area contributed by atoms with Crippen LogP contribution in [-0.4, -0.2) is 53.5 Å². The van der Waals surface area contributed by atoms with E-state index in [4.69, 9.17) is 9.84 Å². The summed E-state index contributed by atoms with van der Waals surface area (Å²) in [6, 6.07) is 15.9. The number of aliphatic hydroxyl groups is 1. The van der Waals surface area contributed by atoms with E-state index in [1.165, 1.54) is 0 Å². The maximum Gasteiger partial charge on any atom is 0.407 e. The third kappa shape index (κ3) is 5.22. The van der Waals surface area contributed by atoms with Crippen molar-refractivity contribution in [2.45, 2.75) is 50.2 Å². The smallest absolute Gasteiger partial charge is 0.407 e. The molecule has 4 rings (SSSR count). The van der Waals surface area contributed by atoms with Crippen LogP contribution in [0.1, 0.15) is 49.1 Å². The highest BCUT2D eigenvalue weighted by molar-refractivity contribution is 5.81. The molecular formula is C26H30N2O6. The van der Waals surface area contributed by atoms with Gasteiger partial charge < -0.3 is 25.6 Å². The lowest BCUT2D eigenvalue weighted by molar-refractivity contribution is -0.147. The Labute approximate surface area is 198 Å². The van der Waals surface area contributed by atoms with Crippen molar-refractivity contribution in [3.05, 3.63) is 59.7 Å². The minimum atomic E-state index is -1.51. The average molecular weight is 467 g/mol. The molecule has 0 spiro atoms. The topological polar surface area (TPSA) is 125 Å². The summed E-state index contributed by atoms with van der Waals surface area (Å²) in [5, 5.41) is 23.7. The molecule has 0 heterocycles. The number of carbonyl (C=O) groups excluding carboxylic acids is 2. The first kappa shape index (κ1) is 23.8. The molecule has 2 aliphatic carbocycles. The van der Waals surface area contributed by atoms with E-state index in [2.05, 4.69) is 34.9 Å². The summed E-state index contributed by atoms with van der Waals surface area (Å²) in [4.78, 5) is 36.0. The fraction of sp³-hybridized carbons (Fsp3) is 0.423. The maximum atomic E-state index is 12.7. The van der Waals surface area contributed by atoms with Gasteiger partial charge in [-0.05, 0) is 35.1 Å². The number of ether oxygens (including phenoxy) is 1. The number of amides is 2. The van der Waals surface area contributed by atoms with Crippen molar-refractivity contribution in [1.82, 2.24) is 10.6 Å². The first-order chi connectivity index (χ1) is 16.5. The molecule has 34 heavy (non-hydrogen) atoms. The first-order valence-corrected chi connectivity index (χ1v) is 11.8. The molecule has 180 valence electrons. The standard InChI is InChI=1S/C26H30N2O6/c29-23(25(31)32)13-14-27-24(30)20-11-5-6-12-22(20)28-26(33)34-15-21-18-9-3-1-7-16(18)17-8-2-4-10-19(17)21/h1-4,7-10,20-23,29H,5-6,11-15H2,(H,27,30)(H,28,33)(H,31,32)/t20?,22?,23-/m0/s1. The van der Waals surface area contributed by atoms with E-state index in [-0.39, 0.29) is 37.4 Å². The SMILES string of the molecule is O=C(NC1CCCCC1C(=O)NCC[C@H](O)C(=O)O)OCC1c2ccccc2-c2ccccc21. The second kappa shape index (κ2) is 10.7. The fourth-order valence-electron chi connectivity index (χ4n) is 5.00. The predicted octanol–water partition coefficient (Wildman–Crippen LogP) is 3.04. The number of hydrogen-bond donors (Lipinski definition) is 4. The molecule has 0 aliphatic heterocycles. The van der Waals surface area contributed by atoms with E-state index < -0.39 is 24.1 Å². The van der Waals surface area contributed by atoms with Crippen molar-refractivity contribution >= 4 is 18.0 Å². The molecule has 0 radical (unpaired) electrons. The van der Waals surface area contributed by atoms with Gasteiger partial charge in [-0.25, -0.2) is 9.59 Å². The van der Waals surface area contributed by atoms with Crippen LogP contribution in [0.15, 0.2) is 48.5 Å². The van der Waals surface area contributed by atoms with E-state index in [1.807, 2.05) is 24.3 Å². The van der Waals surface area contributed by atoms with Crippen molar-refractivity contribution in [1.29, 1.82) is 0 Å². The predicted molar refractivity (Wildman–Crippen MR) is 125 cm³/mol. The lowest BCUT2D eigenvalue weighted by Gasteiger charge is -2.31. The molecule has 1 fully saturated rings. The summed E-state index contributed by atoms with van der Waals surface area (Å²) in [6.45, 7) is 0.261. The van der Waals surface area contributed by atoms with Crippen molar-refractivity contribution < 1.29 is 29.3 Å². The van der Waals surface area contributed by atoms with E-state index in [9.17, 15) is 19.5 Å². The molecular weight excluding hydrogens is 436 g/mol. The number of carboxylic acid groups (broad SMARTS) is 1. The molecule has 8 nitrogen and oxygen atoms in total. The van der Waals surface area contributed by atoms with Gasteiger partial charge in [-0.2, -0.15) is 0 Å². The Morgan fingerprint density at radius 2 is 1.59 bits per heavy atom. The highest BCUT2D eigenvalue weighted by atomic mass is 16.5. The van der Waals surface area contributed by atoms with Crippen molar-refractivity contribution in [2.24, 2.45) is 5.92 Å². The third-order valence-electron chi connectivity index (χ3n) is 6.75. The van der Waals surface area contributed by atoms with Gasteiger partial charge in [0.1, 0.15) is 6.61 Å². The number of fused-ring (bicyclic) bond motifs is 3. The molecule has 2 unspecified atom stereocenters. The van der Waals surface area contributed by atoms with Crippen molar-refractivity contribution in [3.8, 4) is 11.1 Å². The van der Waals surface area contributed by atoms with E-state index in [1.54, 1.807) is 0 Å². The normalized spacial score (nSPS) is 20.0. The van der Waals surface area contributed by atoms with Crippen molar-refractivity contribution in [2.75, 3.05) is 13.2 Å². The number of alkyl carbamates (subject to hydrolysis) is 1. The lowest BCUT2D eigenvalue weighted by Crippen LogP contribution is -2.49. The number of carbonyl (C=O) groups is 3. The van der Waals surface area contributed by atoms with Gasteiger partial charge >= 0.3 is 12.1 Å². The number of carboxylic acids is 1. The monoisotopic (exact) mass is 466 g/mol. The van der Waals surface area contributed by atoms with Crippen LogP contribution in [0.3, 0.4) is 0 Å². The number of hydrogen-bond acceptors (Lipinski definition) is 5. The summed E-state index contributed by atoms with van der Waals surface area (Å²) < 4.78 is 5.63. The van der Waals surface area contributed by atoms with Crippen LogP contribution in [0.4, 0.5) is 4.79 Å². The zero-order valence-electron chi connectivity index (χ0n) is 18.9. The van der Waals surface area contributed by atoms with Gasteiger partial charge in [-0.15, -0.1) is 0 Å². The maximum absolute atomic E-state index is 12.7. The van der Waals surface area contributed by atoms with Gasteiger partial charge in [0.15, 0.2) is 6.10 Å². The van der Waals surface area contributed by atoms with Gasteiger partial charge in [0.2, 0.25) is 5.91 Å². The highest BCUT2D eigenvalue weighted by Gasteiger charge is 2.33. The van der Waals surface area contributed by atoms with Crippen LogP contribution >= 0.6 is 0 Å². The summed E-state index contributed by atoms with van der Waals surface area (Å²) >= 11 is 0. The molecule has 0 bridgehead atoms. The van der Waals surface area contributed by atoms with Crippen molar-refractivity contribution in [3.63, 3.8) is 0 Å². The third-order valence-corrected chi connectivity index (χ3v) is 6.75. The Kier molecular flexibility index (Phi) is 7.47. The number of nitrogens with one attached hydrogen (secondary N) is 2. The molecule has 0 saturated heterocycles. The molecule has 2 amide bonds. The van der Waals surface area contributed by atoms with Crippen LogP contribution in [0, 0.1) is 5.92 Å². The number of aliphatic hydroxyl groups excluding tert-OH is 1. The van der Waals surface area contributed by atoms with Crippen LogP contribution < -0.4 is 10.6 Å². The van der Waals surface area contributed by atoms with Crippen LogP contribution in [0.5, 0.6) is 0 Å². The number of rotatable bonds is 8. The Morgan fingerprint density at radius 1 is 0.971 bits per heavy atom. The van der Waals surface area contributed by atoms with Crippen LogP contribution in [0.25, 0.3) is 11.1 Å². The summed E-state index contributed by atoms with van der Waals surface area (Å²) in [6.07, 6.45) is 0.934.